The van der Waals surface area contributed by atoms with E-state index in [0.29, 0.717) is 5.82 Å². The molecule has 1 atom stereocenters. The van der Waals surface area contributed by atoms with Crippen LogP contribution in [-0.4, -0.2) is 40.6 Å². The van der Waals surface area contributed by atoms with E-state index in [1.165, 1.54) is 0 Å². The van der Waals surface area contributed by atoms with Crippen LogP contribution >= 0.6 is 0 Å². The van der Waals surface area contributed by atoms with E-state index < -0.39 is 5.60 Å². The summed E-state index contributed by atoms with van der Waals surface area (Å²) in [6.07, 6.45) is 8.59. The van der Waals surface area contributed by atoms with Crippen LogP contribution in [0, 0.1) is 0 Å². The lowest BCUT2D eigenvalue weighted by molar-refractivity contribution is -0.121. The molecule has 1 saturated heterocycles. The number of likely N-dealkylation sites (tertiary alicyclic amines) is 1. The molecule has 2 heterocycles. The molecule has 0 radical (unpaired) electrons. The number of ether oxygens (including phenoxy) is 1. The second-order valence-corrected chi connectivity index (χ2v) is 8.24. The van der Waals surface area contributed by atoms with E-state index in [-0.39, 0.29) is 18.2 Å². The second kappa shape index (κ2) is 7.64. The maximum atomic E-state index is 12.7. The molecule has 6 heteroatoms. The quantitative estimate of drug-likeness (QED) is 0.761. The molecule has 3 rings (SSSR count). The Hall–Kier alpha value is -2.11. The van der Waals surface area contributed by atoms with Gasteiger partial charge >= 0.3 is 6.09 Å². The monoisotopic (exact) mass is 359 g/mol. The topological polar surface area (TPSA) is 62.7 Å². The lowest BCUT2D eigenvalue weighted by Gasteiger charge is -2.37. The fourth-order valence-electron chi connectivity index (χ4n) is 3.56. The number of aromatic nitrogens is 1. The predicted octanol–water partition coefficient (Wildman–Crippen LogP) is 4.06. The number of carbonyl (C=O) groups excluding carboxylic acids is 2. The van der Waals surface area contributed by atoms with Crippen LogP contribution in [0.15, 0.2) is 18.3 Å². The molecule has 2 amide bonds. The van der Waals surface area contributed by atoms with E-state index in [1.54, 1.807) is 11.1 Å². The second-order valence-electron chi connectivity index (χ2n) is 8.24. The maximum absolute atomic E-state index is 12.7. The van der Waals surface area contributed by atoms with Gasteiger partial charge in [0, 0.05) is 18.8 Å². The molecule has 0 aromatic carbocycles. The lowest BCUT2D eigenvalue weighted by Crippen LogP contribution is -2.47. The van der Waals surface area contributed by atoms with Crippen LogP contribution in [0.4, 0.5) is 10.6 Å². The SMILES string of the molecule is CC(C)(C)OC(=O)N(c1ccc(C2CCCCN2C=O)cn1)C1CCC1. The largest absolute Gasteiger partial charge is 0.443 e. The minimum atomic E-state index is -0.536. The number of carbonyl (C=O) groups is 2. The Morgan fingerprint density at radius 3 is 2.54 bits per heavy atom. The smallest absolute Gasteiger partial charge is 0.416 e. The predicted molar refractivity (Wildman–Crippen MR) is 100.0 cm³/mol. The van der Waals surface area contributed by atoms with Gasteiger partial charge in [0.2, 0.25) is 6.41 Å². The van der Waals surface area contributed by atoms with E-state index in [2.05, 4.69) is 4.98 Å². The fourth-order valence-corrected chi connectivity index (χ4v) is 3.56. The van der Waals surface area contributed by atoms with E-state index in [1.807, 2.05) is 37.8 Å². The minimum Gasteiger partial charge on any atom is -0.443 e. The standard InChI is InChI=1S/C20H29N3O3/c1-20(2,3)26-19(25)23(16-7-6-8-16)18-11-10-15(13-21-18)17-9-4-5-12-22(17)14-24/h10-11,13-14,16-17H,4-9,12H2,1-3H3. The number of rotatable bonds is 4. The van der Waals surface area contributed by atoms with Crippen molar-refractivity contribution in [3.63, 3.8) is 0 Å². The molecule has 1 aromatic heterocycles. The normalized spacial score (nSPS) is 21.0. The van der Waals surface area contributed by atoms with Gasteiger partial charge in [0.05, 0.1) is 6.04 Å². The first-order chi connectivity index (χ1) is 12.4. The summed E-state index contributed by atoms with van der Waals surface area (Å²) in [7, 11) is 0. The van der Waals surface area contributed by atoms with Crippen molar-refractivity contribution in [3.05, 3.63) is 23.9 Å². The van der Waals surface area contributed by atoms with Gasteiger partial charge in [0.25, 0.3) is 0 Å². The molecule has 0 spiro atoms. The molecule has 0 N–H and O–H groups in total. The van der Waals surface area contributed by atoms with Gasteiger partial charge in [0.15, 0.2) is 0 Å². The molecular formula is C20H29N3O3. The highest BCUT2D eigenvalue weighted by atomic mass is 16.6. The third-order valence-corrected chi connectivity index (χ3v) is 5.11. The van der Waals surface area contributed by atoms with Crippen molar-refractivity contribution in [2.24, 2.45) is 0 Å². The van der Waals surface area contributed by atoms with Crippen molar-refractivity contribution in [1.82, 2.24) is 9.88 Å². The number of hydrogen-bond donors (Lipinski definition) is 0. The Morgan fingerprint density at radius 1 is 1.23 bits per heavy atom. The molecule has 1 unspecified atom stereocenters. The average molecular weight is 359 g/mol. The van der Waals surface area contributed by atoms with Gasteiger partial charge in [-0.2, -0.15) is 0 Å². The molecule has 2 aliphatic rings. The first-order valence-electron chi connectivity index (χ1n) is 9.58. The van der Waals surface area contributed by atoms with E-state index in [0.717, 1.165) is 57.0 Å². The third-order valence-electron chi connectivity index (χ3n) is 5.11. The summed E-state index contributed by atoms with van der Waals surface area (Å²) in [4.78, 5) is 32.1. The Balaban J connectivity index is 1.79. The molecule has 0 bridgehead atoms. The summed E-state index contributed by atoms with van der Waals surface area (Å²) in [5.74, 6) is 0.626. The summed E-state index contributed by atoms with van der Waals surface area (Å²) < 4.78 is 5.58. The number of hydrogen-bond acceptors (Lipinski definition) is 4. The van der Waals surface area contributed by atoms with E-state index >= 15 is 0 Å². The van der Waals surface area contributed by atoms with Crippen molar-refractivity contribution >= 4 is 18.3 Å². The molecular weight excluding hydrogens is 330 g/mol. The van der Waals surface area contributed by atoms with Crippen LogP contribution in [0.3, 0.4) is 0 Å². The third kappa shape index (κ3) is 4.17. The molecule has 1 aliphatic carbocycles. The van der Waals surface area contributed by atoms with E-state index in [4.69, 9.17) is 4.74 Å². The van der Waals surface area contributed by atoms with Gasteiger partial charge in [-0.25, -0.2) is 9.78 Å². The first-order valence-corrected chi connectivity index (χ1v) is 9.58. The first kappa shape index (κ1) is 18.7. The zero-order chi connectivity index (χ0) is 18.7. The number of nitrogens with zero attached hydrogens (tertiary/aromatic N) is 3. The van der Waals surface area contributed by atoms with Crippen LogP contribution in [-0.2, 0) is 9.53 Å². The van der Waals surface area contributed by atoms with Crippen molar-refractivity contribution in [2.45, 2.75) is 77.0 Å². The summed E-state index contributed by atoms with van der Waals surface area (Å²) in [5.41, 5.74) is 0.490. The van der Waals surface area contributed by atoms with Crippen molar-refractivity contribution in [3.8, 4) is 0 Å². The molecule has 2 fully saturated rings. The molecule has 1 aliphatic heterocycles. The highest BCUT2D eigenvalue weighted by molar-refractivity contribution is 5.87. The molecule has 1 saturated carbocycles. The molecule has 142 valence electrons. The van der Waals surface area contributed by atoms with Gasteiger partial charge in [-0.05, 0) is 70.9 Å². The van der Waals surface area contributed by atoms with Crippen molar-refractivity contribution in [1.29, 1.82) is 0 Å². The van der Waals surface area contributed by atoms with E-state index in [9.17, 15) is 9.59 Å². The Kier molecular flexibility index (Phi) is 5.49. The summed E-state index contributed by atoms with van der Waals surface area (Å²) in [6, 6.07) is 4.12. The number of anilines is 1. The van der Waals surface area contributed by atoms with Crippen LogP contribution in [0.25, 0.3) is 0 Å². The van der Waals surface area contributed by atoms with Crippen LogP contribution < -0.4 is 4.90 Å². The van der Waals surface area contributed by atoms with Crippen LogP contribution in [0.1, 0.15) is 70.9 Å². The molecule has 1 aromatic rings. The van der Waals surface area contributed by atoms with Gasteiger partial charge < -0.3 is 9.64 Å². The Bertz CT molecular complexity index is 635. The number of amides is 2. The van der Waals surface area contributed by atoms with Gasteiger partial charge in [0.1, 0.15) is 11.4 Å². The summed E-state index contributed by atoms with van der Waals surface area (Å²) in [6.45, 7) is 6.41. The summed E-state index contributed by atoms with van der Waals surface area (Å²) >= 11 is 0. The maximum Gasteiger partial charge on any atom is 0.416 e. The van der Waals surface area contributed by atoms with Gasteiger partial charge in [-0.3, -0.25) is 9.69 Å². The number of piperidine rings is 1. The van der Waals surface area contributed by atoms with Crippen LogP contribution in [0.2, 0.25) is 0 Å². The van der Waals surface area contributed by atoms with Gasteiger partial charge in [-0.1, -0.05) is 6.07 Å². The Morgan fingerprint density at radius 2 is 2.00 bits per heavy atom. The zero-order valence-corrected chi connectivity index (χ0v) is 16.0. The van der Waals surface area contributed by atoms with Crippen LogP contribution in [0.5, 0.6) is 0 Å². The summed E-state index contributed by atoms with van der Waals surface area (Å²) in [5, 5.41) is 0. The van der Waals surface area contributed by atoms with Crippen molar-refractivity contribution < 1.29 is 14.3 Å². The van der Waals surface area contributed by atoms with Gasteiger partial charge in [-0.15, -0.1) is 0 Å². The molecule has 6 nitrogen and oxygen atoms in total. The highest BCUT2D eigenvalue weighted by Crippen LogP contribution is 2.33. The minimum absolute atomic E-state index is 0.0847. The highest BCUT2D eigenvalue weighted by Gasteiger charge is 2.34. The lowest BCUT2D eigenvalue weighted by atomic mass is 9.91. The average Bonchev–Trinajstić information content (AvgIpc) is 2.56. The Labute approximate surface area is 155 Å². The molecule has 26 heavy (non-hydrogen) atoms. The fraction of sp³-hybridized carbons (Fsp3) is 0.650. The zero-order valence-electron chi connectivity index (χ0n) is 16.0. The number of pyridine rings is 1. The van der Waals surface area contributed by atoms with Crippen molar-refractivity contribution in [2.75, 3.05) is 11.4 Å².